The Hall–Kier alpha value is -1.55. The first kappa shape index (κ1) is 11.0. The van der Waals surface area contributed by atoms with Crippen molar-refractivity contribution >= 4 is 0 Å². The van der Waals surface area contributed by atoms with E-state index in [1.54, 1.807) is 6.26 Å². The van der Waals surface area contributed by atoms with Crippen LogP contribution in [-0.2, 0) is 13.1 Å². The highest BCUT2D eigenvalue weighted by molar-refractivity contribution is 5.05. The first-order valence-corrected chi connectivity index (χ1v) is 5.58. The molecular formula is C12H17N3O. The quantitative estimate of drug-likeness (QED) is 0.839. The van der Waals surface area contributed by atoms with Crippen LogP contribution in [0, 0.1) is 0 Å². The summed E-state index contributed by atoms with van der Waals surface area (Å²) in [6.07, 6.45) is 3.53. The van der Waals surface area contributed by atoms with E-state index in [-0.39, 0.29) is 6.04 Å². The van der Waals surface area contributed by atoms with Crippen molar-refractivity contribution in [2.24, 2.45) is 0 Å². The molecule has 4 nitrogen and oxygen atoms in total. The maximum absolute atomic E-state index is 5.34. The highest BCUT2D eigenvalue weighted by Gasteiger charge is 2.08. The molecule has 0 saturated carbocycles. The minimum atomic E-state index is 0.218. The summed E-state index contributed by atoms with van der Waals surface area (Å²) < 4.78 is 7.32. The number of hydrogen-bond acceptors (Lipinski definition) is 3. The van der Waals surface area contributed by atoms with Crippen molar-refractivity contribution in [3.63, 3.8) is 0 Å². The molecule has 1 atom stereocenters. The molecule has 1 unspecified atom stereocenters. The predicted octanol–water partition coefficient (Wildman–Crippen LogP) is 2.35. The summed E-state index contributed by atoms with van der Waals surface area (Å²) in [5.41, 5.74) is 1.20. The van der Waals surface area contributed by atoms with E-state index in [2.05, 4.69) is 24.3 Å². The number of hydrogen-bond donors (Lipinski definition) is 1. The summed E-state index contributed by atoms with van der Waals surface area (Å²) in [6, 6.07) is 6.14. The van der Waals surface area contributed by atoms with Crippen LogP contribution in [0.3, 0.4) is 0 Å². The second-order valence-corrected chi connectivity index (χ2v) is 3.76. The van der Waals surface area contributed by atoms with Gasteiger partial charge in [-0.05, 0) is 32.0 Å². The summed E-state index contributed by atoms with van der Waals surface area (Å²) in [5.74, 6) is 0.961. The van der Waals surface area contributed by atoms with Crippen molar-refractivity contribution in [2.75, 3.05) is 0 Å². The summed E-state index contributed by atoms with van der Waals surface area (Å²) in [7, 11) is 0. The van der Waals surface area contributed by atoms with Crippen LogP contribution in [0.2, 0.25) is 0 Å². The number of aryl methyl sites for hydroxylation is 1. The number of aromatic nitrogens is 2. The van der Waals surface area contributed by atoms with Crippen molar-refractivity contribution in [1.82, 2.24) is 15.1 Å². The maximum atomic E-state index is 5.34. The van der Waals surface area contributed by atoms with E-state index in [9.17, 15) is 0 Å². The second-order valence-electron chi connectivity index (χ2n) is 3.76. The van der Waals surface area contributed by atoms with Gasteiger partial charge in [0, 0.05) is 19.3 Å². The van der Waals surface area contributed by atoms with Gasteiger partial charge in [-0.25, -0.2) is 0 Å². The highest BCUT2D eigenvalue weighted by Crippen LogP contribution is 2.12. The smallest absolute Gasteiger partial charge is 0.120 e. The van der Waals surface area contributed by atoms with Crippen LogP contribution in [0.25, 0.3) is 0 Å². The zero-order valence-corrected chi connectivity index (χ0v) is 9.68. The van der Waals surface area contributed by atoms with Crippen molar-refractivity contribution in [1.29, 1.82) is 0 Å². The normalized spacial score (nSPS) is 12.9. The Kier molecular flexibility index (Phi) is 3.41. The van der Waals surface area contributed by atoms with E-state index in [1.165, 1.54) is 5.69 Å². The monoisotopic (exact) mass is 219 g/mol. The highest BCUT2D eigenvalue weighted by atomic mass is 16.3. The number of furan rings is 1. The van der Waals surface area contributed by atoms with Crippen molar-refractivity contribution < 1.29 is 4.42 Å². The number of nitrogens with one attached hydrogen (secondary N) is 1. The van der Waals surface area contributed by atoms with Gasteiger partial charge < -0.3 is 9.73 Å². The van der Waals surface area contributed by atoms with Gasteiger partial charge in [0.15, 0.2) is 0 Å². The maximum Gasteiger partial charge on any atom is 0.120 e. The minimum Gasteiger partial charge on any atom is -0.468 e. The standard InChI is InChI=1S/C12H17N3O/c1-3-15-11(6-7-14-15)9-13-10(2)12-5-4-8-16-12/h4-8,10,13H,3,9H2,1-2H3. The Labute approximate surface area is 95.3 Å². The van der Waals surface area contributed by atoms with Crippen LogP contribution < -0.4 is 5.32 Å². The molecule has 0 spiro atoms. The third-order valence-electron chi connectivity index (χ3n) is 2.66. The van der Waals surface area contributed by atoms with E-state index in [1.807, 2.05) is 29.1 Å². The van der Waals surface area contributed by atoms with Gasteiger partial charge in [0.1, 0.15) is 5.76 Å². The van der Waals surface area contributed by atoms with Gasteiger partial charge in [0.25, 0.3) is 0 Å². The molecule has 0 aliphatic heterocycles. The van der Waals surface area contributed by atoms with Crippen LogP contribution in [0.15, 0.2) is 35.1 Å². The molecular weight excluding hydrogens is 202 g/mol. The second kappa shape index (κ2) is 4.99. The lowest BCUT2D eigenvalue weighted by Gasteiger charge is -2.11. The average Bonchev–Trinajstić information content (AvgIpc) is 2.96. The van der Waals surface area contributed by atoms with Crippen molar-refractivity contribution in [2.45, 2.75) is 33.0 Å². The molecule has 86 valence electrons. The molecule has 2 heterocycles. The molecule has 0 aromatic carbocycles. The molecule has 0 amide bonds. The first-order valence-electron chi connectivity index (χ1n) is 5.58. The number of nitrogens with zero attached hydrogens (tertiary/aromatic N) is 2. The van der Waals surface area contributed by atoms with Gasteiger partial charge >= 0.3 is 0 Å². The van der Waals surface area contributed by atoms with Crippen molar-refractivity contribution in [3.8, 4) is 0 Å². The molecule has 0 saturated heterocycles. The number of rotatable bonds is 5. The van der Waals surface area contributed by atoms with Gasteiger partial charge in [-0.15, -0.1) is 0 Å². The molecule has 16 heavy (non-hydrogen) atoms. The van der Waals surface area contributed by atoms with Crippen LogP contribution in [-0.4, -0.2) is 9.78 Å². The lowest BCUT2D eigenvalue weighted by molar-refractivity contribution is 0.424. The zero-order chi connectivity index (χ0) is 11.4. The molecule has 0 bridgehead atoms. The SMILES string of the molecule is CCn1nccc1CNC(C)c1ccco1. The van der Waals surface area contributed by atoms with E-state index in [0.29, 0.717) is 0 Å². The lowest BCUT2D eigenvalue weighted by atomic mass is 10.2. The molecule has 2 rings (SSSR count). The van der Waals surface area contributed by atoms with Gasteiger partial charge in [0.05, 0.1) is 18.0 Å². The van der Waals surface area contributed by atoms with Gasteiger partial charge in [-0.2, -0.15) is 5.10 Å². The van der Waals surface area contributed by atoms with Crippen LogP contribution in [0.1, 0.15) is 31.3 Å². The Balaban J connectivity index is 1.92. The summed E-state index contributed by atoms with van der Waals surface area (Å²) in [6.45, 7) is 5.88. The topological polar surface area (TPSA) is 43.0 Å². The van der Waals surface area contributed by atoms with Gasteiger partial charge in [-0.3, -0.25) is 4.68 Å². The minimum absolute atomic E-state index is 0.218. The largest absolute Gasteiger partial charge is 0.468 e. The van der Waals surface area contributed by atoms with Gasteiger partial charge in [-0.1, -0.05) is 0 Å². The molecule has 0 aliphatic rings. The average molecular weight is 219 g/mol. The molecule has 0 radical (unpaired) electrons. The first-order chi connectivity index (χ1) is 7.81. The summed E-state index contributed by atoms with van der Waals surface area (Å²) >= 11 is 0. The third kappa shape index (κ3) is 2.33. The fourth-order valence-electron chi connectivity index (χ4n) is 1.69. The Bertz CT molecular complexity index is 419. The van der Waals surface area contributed by atoms with Crippen LogP contribution in [0.5, 0.6) is 0 Å². The molecule has 0 fully saturated rings. The molecule has 2 aromatic rings. The predicted molar refractivity (Wildman–Crippen MR) is 61.9 cm³/mol. The van der Waals surface area contributed by atoms with E-state index in [0.717, 1.165) is 18.8 Å². The molecule has 2 aromatic heterocycles. The van der Waals surface area contributed by atoms with E-state index >= 15 is 0 Å². The van der Waals surface area contributed by atoms with Crippen molar-refractivity contribution in [3.05, 3.63) is 42.1 Å². The summed E-state index contributed by atoms with van der Waals surface area (Å²) in [5, 5.41) is 7.64. The summed E-state index contributed by atoms with van der Waals surface area (Å²) in [4.78, 5) is 0. The van der Waals surface area contributed by atoms with Gasteiger partial charge in [0.2, 0.25) is 0 Å². The van der Waals surface area contributed by atoms with Crippen LogP contribution in [0.4, 0.5) is 0 Å². The fourth-order valence-corrected chi connectivity index (χ4v) is 1.69. The molecule has 4 heteroatoms. The third-order valence-corrected chi connectivity index (χ3v) is 2.66. The van der Waals surface area contributed by atoms with Crippen LogP contribution >= 0.6 is 0 Å². The Morgan fingerprint density at radius 2 is 2.38 bits per heavy atom. The molecule has 1 N–H and O–H groups in total. The Morgan fingerprint density at radius 3 is 3.06 bits per heavy atom. The zero-order valence-electron chi connectivity index (χ0n) is 9.68. The fraction of sp³-hybridized carbons (Fsp3) is 0.417. The Morgan fingerprint density at radius 1 is 1.50 bits per heavy atom. The molecule has 0 aliphatic carbocycles. The van der Waals surface area contributed by atoms with E-state index in [4.69, 9.17) is 4.42 Å². The lowest BCUT2D eigenvalue weighted by Crippen LogP contribution is -2.19. The van der Waals surface area contributed by atoms with E-state index < -0.39 is 0 Å².